The quantitative estimate of drug-likeness (QED) is 0.624. The predicted octanol–water partition coefficient (Wildman–Crippen LogP) is 2.19. The summed E-state index contributed by atoms with van der Waals surface area (Å²) in [5.74, 6) is 0.918. The Morgan fingerprint density at radius 2 is 2.11 bits per heavy atom. The van der Waals surface area contributed by atoms with Crippen molar-refractivity contribution in [2.75, 3.05) is 39.4 Å². The lowest BCUT2D eigenvalue weighted by Crippen LogP contribution is -2.36. The lowest BCUT2D eigenvalue weighted by molar-refractivity contribution is 0.0371. The van der Waals surface area contributed by atoms with Gasteiger partial charge >= 0.3 is 0 Å². The van der Waals surface area contributed by atoms with Crippen molar-refractivity contribution >= 4 is 5.91 Å². The molecule has 0 spiro atoms. The van der Waals surface area contributed by atoms with Gasteiger partial charge in [0.2, 0.25) is 0 Å². The highest BCUT2D eigenvalue weighted by Gasteiger charge is 2.13. The van der Waals surface area contributed by atoms with Gasteiger partial charge in [-0.2, -0.15) is 0 Å². The number of rotatable bonds is 10. The third-order valence-electron chi connectivity index (χ3n) is 4.60. The Bertz CT molecular complexity index is 726. The van der Waals surface area contributed by atoms with Crippen LogP contribution in [-0.4, -0.2) is 60.3 Å². The predicted molar refractivity (Wildman–Crippen MR) is 103 cm³/mol. The second-order valence-electron chi connectivity index (χ2n) is 6.87. The van der Waals surface area contributed by atoms with E-state index in [4.69, 9.17) is 14.0 Å². The number of nitrogens with zero attached hydrogens (tertiary/aromatic N) is 3. The first-order chi connectivity index (χ1) is 13.7. The van der Waals surface area contributed by atoms with Crippen molar-refractivity contribution in [1.29, 1.82) is 0 Å². The number of amides is 1. The summed E-state index contributed by atoms with van der Waals surface area (Å²) in [6.07, 6.45) is 4.82. The number of aryl methyl sites for hydroxylation is 1. The number of carbonyl (C=O) groups is 1. The molecule has 1 N–H and O–H groups in total. The number of hydrogen-bond donors (Lipinski definition) is 1. The van der Waals surface area contributed by atoms with Crippen molar-refractivity contribution in [2.45, 2.75) is 32.8 Å². The second kappa shape index (κ2) is 10.8. The summed E-state index contributed by atoms with van der Waals surface area (Å²) in [5, 5.41) is 6.70. The number of morpholine rings is 1. The van der Waals surface area contributed by atoms with Crippen LogP contribution in [0.1, 0.15) is 41.2 Å². The second-order valence-corrected chi connectivity index (χ2v) is 6.87. The van der Waals surface area contributed by atoms with Crippen LogP contribution in [0.5, 0.6) is 5.75 Å². The van der Waals surface area contributed by atoms with E-state index in [1.54, 1.807) is 12.3 Å². The standard InChI is InChI=1S/C20H28N4O4/c1-16-5-6-17(14-22-16)27-15-18-13-19(23-28-18)20(25)21-7-3-2-4-8-24-9-11-26-12-10-24/h5-6,13-14H,2-4,7-12,15H2,1H3,(H,21,25). The van der Waals surface area contributed by atoms with Crippen LogP contribution < -0.4 is 10.1 Å². The molecule has 2 aromatic heterocycles. The summed E-state index contributed by atoms with van der Waals surface area (Å²) in [6.45, 7) is 7.56. The Labute approximate surface area is 165 Å². The van der Waals surface area contributed by atoms with Gasteiger partial charge in [0.1, 0.15) is 12.4 Å². The Balaban J connectivity index is 1.29. The summed E-state index contributed by atoms with van der Waals surface area (Å²) < 4.78 is 16.1. The zero-order valence-corrected chi connectivity index (χ0v) is 16.4. The molecule has 1 saturated heterocycles. The molecule has 0 saturated carbocycles. The van der Waals surface area contributed by atoms with E-state index in [9.17, 15) is 4.79 Å². The van der Waals surface area contributed by atoms with Crippen molar-refractivity contribution in [3.05, 3.63) is 41.5 Å². The van der Waals surface area contributed by atoms with Gasteiger partial charge in [0.05, 0.1) is 19.4 Å². The fourth-order valence-corrected chi connectivity index (χ4v) is 2.94. The van der Waals surface area contributed by atoms with E-state index in [-0.39, 0.29) is 18.2 Å². The maximum atomic E-state index is 12.1. The van der Waals surface area contributed by atoms with Gasteiger partial charge in [0.15, 0.2) is 11.5 Å². The molecule has 0 atom stereocenters. The van der Waals surface area contributed by atoms with Gasteiger partial charge in [-0.3, -0.25) is 14.7 Å². The fraction of sp³-hybridized carbons (Fsp3) is 0.550. The molecular weight excluding hydrogens is 360 g/mol. The Hall–Kier alpha value is -2.45. The van der Waals surface area contributed by atoms with Crippen molar-refractivity contribution < 1.29 is 18.8 Å². The maximum Gasteiger partial charge on any atom is 0.273 e. The highest BCUT2D eigenvalue weighted by molar-refractivity contribution is 5.92. The zero-order valence-electron chi connectivity index (χ0n) is 16.4. The molecule has 0 aromatic carbocycles. The summed E-state index contributed by atoms with van der Waals surface area (Å²) in [7, 11) is 0. The van der Waals surface area contributed by atoms with Crippen molar-refractivity contribution in [3.8, 4) is 5.75 Å². The highest BCUT2D eigenvalue weighted by Crippen LogP contribution is 2.12. The first-order valence-corrected chi connectivity index (χ1v) is 9.80. The lowest BCUT2D eigenvalue weighted by Gasteiger charge is -2.26. The van der Waals surface area contributed by atoms with Crippen LogP contribution >= 0.6 is 0 Å². The van der Waals surface area contributed by atoms with Gasteiger partial charge < -0.3 is 19.3 Å². The molecule has 3 heterocycles. The smallest absolute Gasteiger partial charge is 0.273 e. The average molecular weight is 388 g/mol. The molecule has 3 rings (SSSR count). The van der Waals surface area contributed by atoms with E-state index in [0.717, 1.165) is 57.8 Å². The van der Waals surface area contributed by atoms with E-state index in [1.165, 1.54) is 0 Å². The van der Waals surface area contributed by atoms with Gasteiger partial charge in [-0.1, -0.05) is 11.6 Å². The van der Waals surface area contributed by atoms with E-state index in [0.29, 0.717) is 18.1 Å². The minimum atomic E-state index is -0.222. The van der Waals surface area contributed by atoms with E-state index in [1.807, 2.05) is 19.1 Å². The number of nitrogens with one attached hydrogen (secondary N) is 1. The number of ether oxygens (including phenoxy) is 2. The molecule has 0 aliphatic carbocycles. The molecular formula is C20H28N4O4. The number of pyridine rings is 1. The van der Waals surface area contributed by atoms with Crippen LogP contribution in [0.25, 0.3) is 0 Å². The minimum Gasteiger partial charge on any atom is -0.484 e. The van der Waals surface area contributed by atoms with Gasteiger partial charge in [-0.15, -0.1) is 0 Å². The van der Waals surface area contributed by atoms with Gasteiger partial charge in [-0.25, -0.2) is 0 Å². The molecule has 152 valence electrons. The van der Waals surface area contributed by atoms with Crippen LogP contribution in [0.3, 0.4) is 0 Å². The maximum absolute atomic E-state index is 12.1. The molecule has 1 fully saturated rings. The first kappa shape index (κ1) is 20.3. The molecule has 28 heavy (non-hydrogen) atoms. The molecule has 1 aliphatic heterocycles. The van der Waals surface area contributed by atoms with Crippen LogP contribution in [0, 0.1) is 6.92 Å². The topological polar surface area (TPSA) is 89.7 Å². The van der Waals surface area contributed by atoms with E-state index < -0.39 is 0 Å². The number of aromatic nitrogens is 2. The minimum absolute atomic E-state index is 0.201. The Morgan fingerprint density at radius 1 is 1.25 bits per heavy atom. The average Bonchev–Trinajstić information content (AvgIpc) is 3.20. The molecule has 2 aromatic rings. The van der Waals surface area contributed by atoms with Gasteiger partial charge in [-0.05, 0) is 38.4 Å². The van der Waals surface area contributed by atoms with Gasteiger partial charge in [0, 0.05) is 31.4 Å². The number of carbonyl (C=O) groups excluding carboxylic acids is 1. The zero-order chi connectivity index (χ0) is 19.6. The molecule has 8 heteroatoms. The molecule has 1 amide bonds. The largest absolute Gasteiger partial charge is 0.484 e. The highest BCUT2D eigenvalue weighted by atomic mass is 16.5. The van der Waals surface area contributed by atoms with Crippen LogP contribution in [0.4, 0.5) is 0 Å². The Morgan fingerprint density at radius 3 is 2.89 bits per heavy atom. The van der Waals surface area contributed by atoms with Crippen molar-refractivity contribution in [1.82, 2.24) is 20.4 Å². The Kier molecular flexibility index (Phi) is 7.81. The summed E-state index contributed by atoms with van der Waals surface area (Å²) >= 11 is 0. The molecule has 1 aliphatic rings. The van der Waals surface area contributed by atoms with Crippen LogP contribution in [-0.2, 0) is 11.3 Å². The van der Waals surface area contributed by atoms with Crippen molar-refractivity contribution in [3.63, 3.8) is 0 Å². The van der Waals surface area contributed by atoms with Gasteiger partial charge in [0.25, 0.3) is 5.91 Å². The SMILES string of the molecule is Cc1ccc(OCc2cc(C(=O)NCCCCCN3CCOCC3)no2)cn1. The summed E-state index contributed by atoms with van der Waals surface area (Å²) in [5.41, 5.74) is 1.20. The number of hydrogen-bond acceptors (Lipinski definition) is 7. The monoisotopic (exact) mass is 388 g/mol. The first-order valence-electron chi connectivity index (χ1n) is 9.80. The fourth-order valence-electron chi connectivity index (χ4n) is 2.94. The lowest BCUT2D eigenvalue weighted by atomic mass is 10.2. The van der Waals surface area contributed by atoms with Crippen molar-refractivity contribution in [2.24, 2.45) is 0 Å². The molecule has 0 bridgehead atoms. The summed E-state index contributed by atoms with van der Waals surface area (Å²) in [4.78, 5) is 18.7. The normalized spacial score (nSPS) is 14.8. The van der Waals surface area contributed by atoms with E-state index in [2.05, 4.69) is 20.4 Å². The summed E-state index contributed by atoms with van der Waals surface area (Å²) in [6, 6.07) is 5.32. The third kappa shape index (κ3) is 6.61. The van der Waals surface area contributed by atoms with E-state index >= 15 is 0 Å². The van der Waals surface area contributed by atoms with Crippen LogP contribution in [0.15, 0.2) is 28.9 Å². The molecule has 8 nitrogen and oxygen atoms in total. The van der Waals surface area contributed by atoms with Crippen LogP contribution in [0.2, 0.25) is 0 Å². The number of unbranched alkanes of at least 4 members (excludes halogenated alkanes) is 2. The molecule has 0 unspecified atom stereocenters. The molecule has 0 radical (unpaired) electrons. The third-order valence-corrected chi connectivity index (χ3v) is 4.60.